The van der Waals surface area contributed by atoms with Crippen LogP contribution < -0.4 is 0 Å². The first kappa shape index (κ1) is 18.9. The van der Waals surface area contributed by atoms with Gasteiger partial charge in [0.15, 0.2) is 0 Å². The fourth-order valence-corrected chi connectivity index (χ4v) is 3.43. The van der Waals surface area contributed by atoms with E-state index in [0.717, 1.165) is 51.5 Å². The Morgan fingerprint density at radius 3 is 2.00 bits per heavy atom. The number of rotatable bonds is 4. The number of nitrogens with zero attached hydrogens (tertiary/aromatic N) is 2. The van der Waals surface area contributed by atoms with E-state index in [2.05, 4.69) is 30.6 Å². The molecule has 126 valence electrons. The largest absolute Gasteiger partial charge is 0.303 e. The molecule has 2 aliphatic heterocycles. The summed E-state index contributed by atoms with van der Waals surface area (Å²) in [5.41, 5.74) is -0.923. The van der Waals surface area contributed by atoms with Gasteiger partial charge in [0, 0.05) is 26.2 Å². The maximum Gasteiger partial charge on any atom is 0.126 e. The molecule has 0 spiro atoms. The number of piperidine rings is 2. The average Bonchev–Trinajstić information content (AvgIpc) is 2.46. The summed E-state index contributed by atoms with van der Waals surface area (Å²) in [7, 11) is 0. The van der Waals surface area contributed by atoms with Crippen LogP contribution in [0, 0.1) is 11.8 Å². The van der Waals surface area contributed by atoms with E-state index in [1.165, 1.54) is 12.8 Å². The van der Waals surface area contributed by atoms with Gasteiger partial charge in [0.2, 0.25) is 0 Å². The topological polar surface area (TPSA) is 6.48 Å². The highest BCUT2D eigenvalue weighted by molar-refractivity contribution is 4.90. The molecule has 0 aromatic heterocycles. The van der Waals surface area contributed by atoms with Crippen molar-refractivity contribution < 1.29 is 4.39 Å². The van der Waals surface area contributed by atoms with Crippen molar-refractivity contribution in [2.24, 2.45) is 11.8 Å². The van der Waals surface area contributed by atoms with Gasteiger partial charge in [-0.3, -0.25) is 0 Å². The highest BCUT2D eigenvalue weighted by atomic mass is 19.1. The summed E-state index contributed by atoms with van der Waals surface area (Å²) in [6.07, 6.45) is 3.95. The maximum atomic E-state index is 14.9. The lowest BCUT2D eigenvalue weighted by Crippen LogP contribution is -2.50. The van der Waals surface area contributed by atoms with Crippen molar-refractivity contribution in [1.29, 1.82) is 0 Å². The van der Waals surface area contributed by atoms with Crippen LogP contribution in [-0.4, -0.2) is 54.7 Å². The Kier molecular flexibility index (Phi) is 8.18. The fraction of sp³-hybridized carbons (Fsp3) is 1.00. The van der Waals surface area contributed by atoms with Crippen molar-refractivity contribution in [3.8, 4) is 0 Å². The molecule has 2 aliphatic rings. The zero-order valence-corrected chi connectivity index (χ0v) is 15.0. The van der Waals surface area contributed by atoms with E-state index >= 15 is 0 Å². The normalized spacial score (nSPS) is 24.7. The first-order valence-corrected chi connectivity index (χ1v) is 9.10. The smallest absolute Gasteiger partial charge is 0.126 e. The monoisotopic (exact) mass is 300 g/mol. The van der Waals surface area contributed by atoms with E-state index in [1.54, 1.807) is 0 Å². The van der Waals surface area contributed by atoms with Crippen molar-refractivity contribution in [2.45, 2.75) is 66.0 Å². The van der Waals surface area contributed by atoms with Crippen LogP contribution in [-0.2, 0) is 0 Å². The predicted molar refractivity (Wildman–Crippen MR) is 90.5 cm³/mol. The molecule has 0 radical (unpaired) electrons. The maximum absolute atomic E-state index is 14.9. The molecule has 2 heterocycles. The van der Waals surface area contributed by atoms with Gasteiger partial charge in [-0.05, 0) is 50.6 Å². The lowest BCUT2D eigenvalue weighted by atomic mass is 9.90. The van der Waals surface area contributed by atoms with Gasteiger partial charge in [0.05, 0.1) is 0 Å². The molecule has 0 aromatic carbocycles. The summed E-state index contributed by atoms with van der Waals surface area (Å²) in [6.45, 7) is 16.7. The van der Waals surface area contributed by atoms with Gasteiger partial charge in [-0.15, -0.1) is 0 Å². The number of likely N-dealkylation sites (tertiary alicyclic amines) is 2. The second-order valence-electron chi connectivity index (χ2n) is 7.30. The summed E-state index contributed by atoms with van der Waals surface area (Å²) in [5, 5.41) is 0. The van der Waals surface area contributed by atoms with Crippen LogP contribution in [0.4, 0.5) is 4.39 Å². The lowest BCUT2D eigenvalue weighted by molar-refractivity contribution is 0.0131. The molecule has 2 fully saturated rings. The van der Waals surface area contributed by atoms with Crippen molar-refractivity contribution >= 4 is 0 Å². The van der Waals surface area contributed by atoms with Crippen molar-refractivity contribution in [3.63, 3.8) is 0 Å². The van der Waals surface area contributed by atoms with E-state index in [9.17, 15) is 4.39 Å². The van der Waals surface area contributed by atoms with E-state index in [1.807, 2.05) is 13.8 Å². The quantitative estimate of drug-likeness (QED) is 0.767. The highest BCUT2D eigenvalue weighted by Gasteiger charge is 2.36. The SMILES string of the molecule is CC.CC(C)CN1CCC(F)(CN2CCC(C)CC2)CC1. The standard InChI is InChI=1S/C16H31FN2.C2H6/c1-14(2)12-18-10-6-16(17,7-11-18)13-19-8-4-15(3)5-9-19;1-2/h14-15H,4-13H2,1-3H3;1-2H3. The average molecular weight is 301 g/mol. The van der Waals surface area contributed by atoms with Crippen molar-refractivity contribution in [3.05, 3.63) is 0 Å². The third kappa shape index (κ3) is 6.65. The van der Waals surface area contributed by atoms with Crippen molar-refractivity contribution in [2.75, 3.05) is 39.3 Å². The Balaban J connectivity index is 0.00000106. The minimum atomic E-state index is -0.923. The van der Waals surface area contributed by atoms with Crippen LogP contribution in [0.2, 0.25) is 0 Å². The fourth-order valence-electron chi connectivity index (χ4n) is 3.43. The van der Waals surface area contributed by atoms with E-state index in [0.29, 0.717) is 12.5 Å². The zero-order valence-electron chi connectivity index (χ0n) is 15.0. The Morgan fingerprint density at radius 1 is 1.00 bits per heavy atom. The Hall–Kier alpha value is -0.150. The molecule has 0 N–H and O–H groups in total. The van der Waals surface area contributed by atoms with Gasteiger partial charge in [0.1, 0.15) is 5.67 Å². The van der Waals surface area contributed by atoms with Crippen LogP contribution in [0.5, 0.6) is 0 Å². The first-order valence-electron chi connectivity index (χ1n) is 9.10. The van der Waals surface area contributed by atoms with E-state index in [-0.39, 0.29) is 0 Å². The molecule has 2 nitrogen and oxygen atoms in total. The van der Waals surface area contributed by atoms with Gasteiger partial charge >= 0.3 is 0 Å². The number of hydrogen-bond acceptors (Lipinski definition) is 2. The Morgan fingerprint density at radius 2 is 1.52 bits per heavy atom. The molecular weight excluding hydrogens is 263 g/mol. The number of alkyl halides is 1. The van der Waals surface area contributed by atoms with Gasteiger partial charge in [-0.2, -0.15) is 0 Å². The summed E-state index contributed by atoms with van der Waals surface area (Å²) in [6, 6.07) is 0. The van der Waals surface area contributed by atoms with E-state index in [4.69, 9.17) is 0 Å². The van der Waals surface area contributed by atoms with Crippen LogP contribution in [0.15, 0.2) is 0 Å². The number of hydrogen-bond donors (Lipinski definition) is 0. The Labute approximate surface area is 132 Å². The van der Waals surface area contributed by atoms with Crippen LogP contribution >= 0.6 is 0 Å². The molecule has 2 rings (SSSR count). The lowest BCUT2D eigenvalue weighted by Gasteiger charge is -2.41. The van der Waals surface area contributed by atoms with Crippen LogP contribution in [0.25, 0.3) is 0 Å². The number of halogens is 1. The highest BCUT2D eigenvalue weighted by Crippen LogP contribution is 2.29. The molecule has 0 saturated carbocycles. The molecule has 21 heavy (non-hydrogen) atoms. The molecule has 0 atom stereocenters. The van der Waals surface area contributed by atoms with Gasteiger partial charge in [-0.25, -0.2) is 4.39 Å². The molecule has 0 aliphatic carbocycles. The van der Waals surface area contributed by atoms with Gasteiger partial charge in [-0.1, -0.05) is 34.6 Å². The second-order valence-corrected chi connectivity index (χ2v) is 7.30. The molecule has 3 heteroatoms. The molecule has 2 saturated heterocycles. The minimum absolute atomic E-state index is 0.676. The Bertz CT molecular complexity index is 264. The van der Waals surface area contributed by atoms with Gasteiger partial charge in [0.25, 0.3) is 0 Å². The van der Waals surface area contributed by atoms with Gasteiger partial charge < -0.3 is 9.80 Å². The summed E-state index contributed by atoms with van der Waals surface area (Å²) in [4.78, 5) is 4.79. The van der Waals surface area contributed by atoms with Crippen molar-refractivity contribution in [1.82, 2.24) is 9.80 Å². The van der Waals surface area contributed by atoms with Crippen LogP contribution in [0.3, 0.4) is 0 Å². The van der Waals surface area contributed by atoms with Crippen LogP contribution in [0.1, 0.15) is 60.3 Å². The second kappa shape index (κ2) is 9.09. The summed E-state index contributed by atoms with van der Waals surface area (Å²) < 4.78 is 14.9. The minimum Gasteiger partial charge on any atom is -0.303 e. The zero-order chi connectivity index (χ0) is 15.9. The summed E-state index contributed by atoms with van der Waals surface area (Å²) >= 11 is 0. The molecule has 0 aromatic rings. The molecule has 0 bridgehead atoms. The molecule has 0 amide bonds. The summed E-state index contributed by atoms with van der Waals surface area (Å²) in [5.74, 6) is 1.52. The molecule has 0 unspecified atom stereocenters. The predicted octanol–water partition coefficient (Wildman–Crippen LogP) is 4.20. The van der Waals surface area contributed by atoms with E-state index < -0.39 is 5.67 Å². The molecular formula is C18H37FN2. The third-order valence-corrected chi connectivity index (χ3v) is 4.76. The third-order valence-electron chi connectivity index (χ3n) is 4.76. The first-order chi connectivity index (χ1) is 9.97.